The molecule has 20 nitrogen and oxygen atoms in total. The molecule has 3 heterocycles. The molecule has 0 aliphatic carbocycles. The predicted octanol–water partition coefficient (Wildman–Crippen LogP) is -1.28. The lowest BCUT2D eigenvalue weighted by molar-refractivity contribution is -0.151. The molecule has 9 N–H and O–H groups in total. The number of carboxylic acid groups (broad SMARTS) is 1. The SMILES string of the molecule is C[C@H](NC(=O)CNC(=O)[C@@H](N)COC(C)(C)C)C(=O)N1CCC[C@H]1C(=O)N1CCC[C@H]1C(=O)N1CCC[C@H]1C(=O)N[C@@H](COC(C)(C)C)C(=O)N[C@@H](CCCCN)C(=O)O. The summed E-state index contributed by atoms with van der Waals surface area (Å²) in [6.07, 6.45) is 3.77. The van der Waals surface area contributed by atoms with E-state index in [1.165, 1.54) is 21.6 Å². The lowest BCUT2D eigenvalue weighted by atomic mass is 10.1. The number of ether oxygens (including phenoxy) is 2. The highest BCUT2D eigenvalue weighted by Crippen LogP contribution is 2.29. The third kappa shape index (κ3) is 14.9. The van der Waals surface area contributed by atoms with Crippen LogP contribution in [0.4, 0.5) is 0 Å². The number of nitrogens with one attached hydrogen (secondary N) is 4. The Morgan fingerprint density at radius 2 is 1.22 bits per heavy atom. The molecule has 7 atom stereocenters. The number of unbranched alkanes of at least 4 members (excludes halogenated alkanes) is 1. The maximum Gasteiger partial charge on any atom is 0.326 e. The Morgan fingerprint density at radius 3 is 1.77 bits per heavy atom. The standard InChI is InChI=1S/C40H69N9O11/c1-24(44-31(50)21-43-32(51)25(42)22-59-39(2,3)4)35(54)48-19-11-15-29(48)37(56)49-20-12-16-30(49)36(55)47-18-10-14-28(47)34(53)46-27(23-60-40(5,6)7)33(52)45-26(38(57)58)13-8-9-17-41/h24-30H,8-23,41-42H2,1-7H3,(H,43,51)(H,44,50)(H,45,52)(H,46,53)(H,57,58)/t24-,25-,26-,27-,28-,29-,30-/m0/s1. The molecular weight excluding hydrogens is 782 g/mol. The predicted molar refractivity (Wildman–Crippen MR) is 219 cm³/mol. The average molecular weight is 852 g/mol. The van der Waals surface area contributed by atoms with Gasteiger partial charge in [-0.2, -0.15) is 0 Å². The van der Waals surface area contributed by atoms with E-state index >= 15 is 0 Å². The minimum absolute atomic E-state index is 0.0451. The fourth-order valence-corrected chi connectivity index (χ4v) is 7.38. The fourth-order valence-electron chi connectivity index (χ4n) is 7.38. The third-order valence-corrected chi connectivity index (χ3v) is 10.6. The van der Waals surface area contributed by atoms with E-state index < -0.39 is 107 Å². The second-order valence-corrected chi connectivity index (χ2v) is 17.8. The number of hydrogen-bond donors (Lipinski definition) is 7. The van der Waals surface area contributed by atoms with Crippen LogP contribution in [0.5, 0.6) is 0 Å². The number of nitrogens with two attached hydrogens (primary N) is 2. The first kappa shape index (κ1) is 50.0. The molecule has 3 aliphatic heterocycles. The lowest BCUT2D eigenvalue weighted by Gasteiger charge is -2.35. The van der Waals surface area contributed by atoms with Crippen molar-refractivity contribution in [1.82, 2.24) is 36.0 Å². The molecule has 0 bridgehead atoms. The number of rotatable bonds is 20. The minimum Gasteiger partial charge on any atom is -0.480 e. The van der Waals surface area contributed by atoms with E-state index in [1.54, 1.807) is 20.8 Å². The van der Waals surface area contributed by atoms with Gasteiger partial charge in [0, 0.05) is 19.6 Å². The summed E-state index contributed by atoms with van der Waals surface area (Å²) >= 11 is 0. The normalized spacial score (nSPS) is 21.5. The van der Waals surface area contributed by atoms with Crippen LogP contribution in [0.3, 0.4) is 0 Å². The van der Waals surface area contributed by atoms with Crippen LogP contribution >= 0.6 is 0 Å². The highest BCUT2D eigenvalue weighted by atomic mass is 16.5. The van der Waals surface area contributed by atoms with Gasteiger partial charge in [0.05, 0.1) is 31.0 Å². The van der Waals surface area contributed by atoms with Gasteiger partial charge in [-0.05, 0) is 113 Å². The number of nitrogens with zero attached hydrogens (tertiary/aromatic N) is 3. The zero-order chi connectivity index (χ0) is 44.9. The summed E-state index contributed by atoms with van der Waals surface area (Å²) in [5.41, 5.74) is 10.2. The minimum atomic E-state index is -1.26. The van der Waals surface area contributed by atoms with E-state index in [9.17, 15) is 43.5 Å². The fraction of sp³-hybridized carbons (Fsp3) is 0.800. The summed E-state index contributed by atoms with van der Waals surface area (Å²) < 4.78 is 11.4. The first-order chi connectivity index (χ1) is 28.0. The van der Waals surface area contributed by atoms with Crippen molar-refractivity contribution in [3.8, 4) is 0 Å². The molecule has 0 radical (unpaired) electrons. The number of carboxylic acids is 1. The summed E-state index contributed by atoms with van der Waals surface area (Å²) in [7, 11) is 0. The second-order valence-electron chi connectivity index (χ2n) is 17.8. The van der Waals surface area contributed by atoms with Crippen LogP contribution in [0.25, 0.3) is 0 Å². The lowest BCUT2D eigenvalue weighted by Crippen LogP contribution is -2.59. The Kier molecular flexibility index (Phi) is 18.7. The van der Waals surface area contributed by atoms with Gasteiger partial charge in [-0.1, -0.05) is 0 Å². The van der Waals surface area contributed by atoms with E-state index in [-0.39, 0.29) is 39.3 Å². The number of carbonyl (C=O) groups excluding carboxylic acids is 7. The summed E-state index contributed by atoms with van der Waals surface area (Å²) in [6.45, 7) is 12.7. The zero-order valence-corrected chi connectivity index (χ0v) is 36.4. The maximum atomic E-state index is 14.2. The molecule has 3 rings (SSSR count). The number of amides is 7. The Morgan fingerprint density at radius 1 is 0.700 bits per heavy atom. The molecule has 0 saturated carbocycles. The van der Waals surface area contributed by atoms with Gasteiger partial charge >= 0.3 is 5.97 Å². The van der Waals surface area contributed by atoms with Crippen molar-refractivity contribution in [2.75, 3.05) is 45.9 Å². The molecule has 0 aromatic rings. The van der Waals surface area contributed by atoms with Crippen LogP contribution in [0.15, 0.2) is 0 Å². The van der Waals surface area contributed by atoms with Crippen LogP contribution in [0, 0.1) is 0 Å². The summed E-state index contributed by atoms with van der Waals surface area (Å²) in [5, 5.41) is 19.9. The van der Waals surface area contributed by atoms with Gasteiger partial charge in [0.2, 0.25) is 41.4 Å². The monoisotopic (exact) mass is 852 g/mol. The quantitative estimate of drug-likeness (QED) is 0.0704. The van der Waals surface area contributed by atoms with Gasteiger partial charge in [0.1, 0.15) is 42.3 Å². The number of hydrogen-bond acceptors (Lipinski definition) is 12. The Labute approximate surface area is 352 Å². The van der Waals surface area contributed by atoms with Gasteiger partial charge in [-0.25, -0.2) is 4.79 Å². The van der Waals surface area contributed by atoms with Gasteiger partial charge in [0.25, 0.3) is 0 Å². The maximum absolute atomic E-state index is 14.2. The number of aliphatic carboxylic acids is 1. The van der Waals surface area contributed by atoms with E-state index in [0.717, 1.165) is 0 Å². The molecule has 0 aromatic heterocycles. The molecule has 340 valence electrons. The first-order valence-electron chi connectivity index (χ1n) is 21.1. The average Bonchev–Trinajstić information content (AvgIpc) is 3.97. The van der Waals surface area contributed by atoms with Crippen molar-refractivity contribution >= 4 is 47.3 Å². The Hall–Kier alpha value is -4.40. The van der Waals surface area contributed by atoms with Crippen molar-refractivity contribution < 1.29 is 52.9 Å². The molecule has 0 spiro atoms. The first-order valence-corrected chi connectivity index (χ1v) is 21.1. The molecule has 3 fully saturated rings. The molecule has 60 heavy (non-hydrogen) atoms. The van der Waals surface area contributed by atoms with Gasteiger partial charge in [-0.15, -0.1) is 0 Å². The van der Waals surface area contributed by atoms with Crippen molar-refractivity contribution in [2.24, 2.45) is 11.5 Å². The van der Waals surface area contributed by atoms with Crippen LogP contribution in [0.2, 0.25) is 0 Å². The molecule has 20 heteroatoms. The van der Waals surface area contributed by atoms with Crippen molar-refractivity contribution in [3.63, 3.8) is 0 Å². The van der Waals surface area contributed by atoms with Crippen molar-refractivity contribution in [2.45, 2.75) is 160 Å². The van der Waals surface area contributed by atoms with Gasteiger partial charge < -0.3 is 62.0 Å². The van der Waals surface area contributed by atoms with Crippen molar-refractivity contribution in [3.05, 3.63) is 0 Å². The molecule has 7 amide bonds. The number of carbonyl (C=O) groups is 8. The Balaban J connectivity index is 1.64. The van der Waals surface area contributed by atoms with Crippen LogP contribution < -0.4 is 32.7 Å². The van der Waals surface area contributed by atoms with E-state index in [2.05, 4.69) is 21.3 Å². The number of likely N-dealkylation sites (tertiary alicyclic amines) is 3. The summed E-state index contributed by atoms with van der Waals surface area (Å²) in [4.78, 5) is 110. The van der Waals surface area contributed by atoms with Crippen LogP contribution in [0.1, 0.15) is 106 Å². The highest BCUT2D eigenvalue weighted by Gasteiger charge is 2.46. The smallest absolute Gasteiger partial charge is 0.326 e. The largest absolute Gasteiger partial charge is 0.480 e. The molecule has 0 unspecified atom stereocenters. The zero-order valence-electron chi connectivity index (χ0n) is 36.4. The summed E-state index contributed by atoms with van der Waals surface area (Å²) in [6, 6.07) is -7.18. The van der Waals surface area contributed by atoms with E-state index in [1.807, 2.05) is 20.8 Å². The molecular formula is C40H69N9O11. The van der Waals surface area contributed by atoms with Crippen molar-refractivity contribution in [1.29, 1.82) is 0 Å². The van der Waals surface area contributed by atoms with Crippen LogP contribution in [-0.2, 0) is 47.8 Å². The van der Waals surface area contributed by atoms with Gasteiger partial charge in [-0.3, -0.25) is 33.6 Å². The third-order valence-electron chi connectivity index (χ3n) is 10.6. The van der Waals surface area contributed by atoms with Gasteiger partial charge in [0.15, 0.2) is 0 Å². The molecule has 0 aromatic carbocycles. The van der Waals surface area contributed by atoms with Crippen LogP contribution in [-0.4, -0.2) is 167 Å². The molecule has 3 aliphatic rings. The van der Waals surface area contributed by atoms with E-state index in [0.29, 0.717) is 57.9 Å². The second kappa shape index (κ2) is 22.4. The summed E-state index contributed by atoms with van der Waals surface area (Å²) in [5.74, 6) is -5.09. The highest BCUT2D eigenvalue weighted by molar-refractivity contribution is 5.98. The molecule has 3 saturated heterocycles. The topological polar surface area (TPSA) is 285 Å². The Bertz CT molecular complexity index is 1550. The van der Waals surface area contributed by atoms with E-state index in [4.69, 9.17) is 20.9 Å².